The third-order valence-corrected chi connectivity index (χ3v) is 10.5. The van der Waals surface area contributed by atoms with Gasteiger partial charge in [-0.25, -0.2) is 9.98 Å². The van der Waals surface area contributed by atoms with Crippen molar-refractivity contribution >= 4 is 33.6 Å². The molecule has 0 radical (unpaired) electrons. The number of nitrogens with zero attached hydrogens (tertiary/aromatic N) is 2. The van der Waals surface area contributed by atoms with Crippen LogP contribution in [0.25, 0.3) is 10.8 Å². The fraction of sp³-hybridized carbons (Fsp3) is 0.308. The molecule has 0 heterocycles. The molecule has 0 spiro atoms. The molecule has 0 aliphatic carbocycles. The van der Waals surface area contributed by atoms with Crippen molar-refractivity contribution < 1.29 is 10.2 Å². The first-order chi connectivity index (χ1) is 26.1. The minimum absolute atomic E-state index is 0.178. The first-order valence-corrected chi connectivity index (χ1v) is 19.7. The molecule has 288 valence electrons. The molecule has 56 heavy (non-hydrogen) atoms. The van der Waals surface area contributed by atoms with Crippen molar-refractivity contribution in [2.75, 3.05) is 0 Å². The number of phenolic OH excluding ortho intramolecular Hbond substituents is 2. The van der Waals surface area contributed by atoms with Crippen molar-refractivity contribution in [1.82, 2.24) is 0 Å². The zero-order valence-corrected chi connectivity index (χ0v) is 35.3. The molecule has 0 fully saturated rings. The number of aliphatic imine (C=N–C) groups is 2. The van der Waals surface area contributed by atoms with E-state index in [2.05, 4.69) is 132 Å². The summed E-state index contributed by atoms with van der Waals surface area (Å²) < 4.78 is 0. The number of rotatable bonds is 6. The van der Waals surface area contributed by atoms with Crippen LogP contribution in [-0.2, 0) is 21.7 Å². The summed E-state index contributed by atoms with van der Waals surface area (Å²) in [4.78, 5) is 11.0. The average molecular weight is 743 g/mol. The average Bonchev–Trinajstić information content (AvgIpc) is 3.12. The molecule has 0 bridgehead atoms. The number of phenols is 2. The Morgan fingerprint density at radius 3 is 1.02 bits per heavy atom. The minimum atomic E-state index is -0.319. The molecule has 4 nitrogen and oxygen atoms in total. The highest BCUT2D eigenvalue weighted by atomic mass is 16.3. The van der Waals surface area contributed by atoms with Crippen LogP contribution in [0, 0.1) is 0 Å². The molecule has 6 aromatic rings. The molecule has 0 atom stereocenters. The Balaban J connectivity index is 1.75. The van der Waals surface area contributed by atoms with Crippen molar-refractivity contribution in [2.24, 2.45) is 9.98 Å². The Kier molecular flexibility index (Phi) is 10.7. The van der Waals surface area contributed by atoms with E-state index >= 15 is 0 Å². The maximum Gasteiger partial charge on any atom is 0.128 e. The molecule has 0 aliphatic rings. The van der Waals surface area contributed by atoms with E-state index in [0.29, 0.717) is 33.9 Å². The predicted molar refractivity (Wildman–Crippen MR) is 238 cm³/mol. The van der Waals surface area contributed by atoms with Gasteiger partial charge in [-0.15, -0.1) is 0 Å². The minimum Gasteiger partial charge on any atom is -0.507 e. The van der Waals surface area contributed by atoms with Gasteiger partial charge in [-0.2, -0.15) is 0 Å². The second kappa shape index (κ2) is 14.9. The van der Waals surface area contributed by atoms with E-state index in [1.54, 1.807) is 0 Å². The van der Waals surface area contributed by atoms with E-state index in [1.165, 1.54) is 0 Å². The Hall–Kier alpha value is -5.48. The molecule has 6 aromatic carbocycles. The number of hydrogen-bond donors (Lipinski definition) is 2. The monoisotopic (exact) mass is 742 g/mol. The normalized spacial score (nSPS) is 13.4. The van der Waals surface area contributed by atoms with Gasteiger partial charge in [0.2, 0.25) is 0 Å². The quantitative estimate of drug-likeness (QED) is 0.167. The van der Waals surface area contributed by atoms with Crippen molar-refractivity contribution in [3.05, 3.63) is 166 Å². The first kappa shape index (κ1) is 40.2. The number of benzene rings is 6. The van der Waals surface area contributed by atoms with Crippen LogP contribution < -0.4 is 0 Å². The Morgan fingerprint density at radius 1 is 0.393 bits per heavy atom. The third kappa shape index (κ3) is 8.50. The van der Waals surface area contributed by atoms with Crippen LogP contribution in [0.5, 0.6) is 11.5 Å². The summed E-state index contributed by atoms with van der Waals surface area (Å²) in [6.45, 7) is 26.0. The van der Waals surface area contributed by atoms with Crippen LogP contribution in [0.15, 0.2) is 131 Å². The Morgan fingerprint density at radius 2 is 0.714 bits per heavy atom. The number of hydrogen-bond acceptors (Lipinski definition) is 4. The highest BCUT2D eigenvalue weighted by molar-refractivity contribution is 6.18. The standard InChI is InChI=1S/C52H58N2O2/c1-49(2,3)37-29-39(47(55)41(31-37)51(7,8)9)45(33-21-15-13-16-22-33)53-43-27-35-25-19-20-26-36(35)28-44(43)54-46(34-23-17-14-18-24-34)40-30-38(50(4,5)6)32-42(48(40)56)52(10,11)12/h13-32,55-56H,1-12H3. The maximum absolute atomic E-state index is 12.2. The van der Waals surface area contributed by atoms with Crippen molar-refractivity contribution in [2.45, 2.75) is 105 Å². The smallest absolute Gasteiger partial charge is 0.128 e. The molecule has 0 unspecified atom stereocenters. The summed E-state index contributed by atoms with van der Waals surface area (Å²) in [5.41, 5.74) is 8.69. The summed E-state index contributed by atoms with van der Waals surface area (Å²) in [5.74, 6) is 0.449. The zero-order chi connectivity index (χ0) is 40.8. The maximum atomic E-state index is 12.2. The summed E-state index contributed by atoms with van der Waals surface area (Å²) in [6.07, 6.45) is 0. The van der Waals surface area contributed by atoms with Crippen LogP contribution in [0.3, 0.4) is 0 Å². The van der Waals surface area contributed by atoms with Gasteiger partial charge in [-0.3, -0.25) is 0 Å². The molecular formula is C52H58N2O2. The topological polar surface area (TPSA) is 65.2 Å². The van der Waals surface area contributed by atoms with Crippen molar-refractivity contribution in [3.8, 4) is 11.5 Å². The van der Waals surface area contributed by atoms with Gasteiger partial charge in [0, 0.05) is 33.4 Å². The fourth-order valence-electron chi connectivity index (χ4n) is 7.03. The lowest BCUT2D eigenvalue weighted by Crippen LogP contribution is -2.19. The van der Waals surface area contributed by atoms with E-state index in [-0.39, 0.29) is 33.2 Å². The highest BCUT2D eigenvalue weighted by Crippen LogP contribution is 2.43. The lowest BCUT2D eigenvalue weighted by molar-refractivity contribution is 0.443. The van der Waals surface area contributed by atoms with Crippen LogP contribution in [0.2, 0.25) is 0 Å². The summed E-state index contributed by atoms with van der Waals surface area (Å²) >= 11 is 0. The Bertz CT molecular complexity index is 2270. The van der Waals surface area contributed by atoms with Gasteiger partial charge in [0.05, 0.1) is 22.8 Å². The van der Waals surface area contributed by atoms with Gasteiger partial charge in [0.1, 0.15) is 11.5 Å². The van der Waals surface area contributed by atoms with Crippen LogP contribution in [0.1, 0.15) is 128 Å². The molecule has 0 aromatic heterocycles. The SMILES string of the molecule is CC(C)(C)c1cc(C(=Nc2cc3ccccc3cc2N=C(c2ccccc2)c2cc(C(C)(C)C)cc(C(C)(C)C)c2O)c2ccccc2)c(O)c(C(C)(C)C)c1. The van der Waals surface area contributed by atoms with Gasteiger partial charge in [0.25, 0.3) is 0 Å². The summed E-state index contributed by atoms with van der Waals surface area (Å²) in [7, 11) is 0. The molecule has 0 amide bonds. The van der Waals surface area contributed by atoms with Gasteiger partial charge in [0.15, 0.2) is 0 Å². The fourth-order valence-corrected chi connectivity index (χ4v) is 7.03. The number of fused-ring (bicyclic) bond motifs is 1. The van der Waals surface area contributed by atoms with Gasteiger partial charge in [-0.05, 0) is 67.8 Å². The molecule has 0 saturated heterocycles. The molecule has 2 N–H and O–H groups in total. The zero-order valence-electron chi connectivity index (χ0n) is 35.3. The predicted octanol–water partition coefficient (Wildman–Crippen LogP) is 13.8. The van der Waals surface area contributed by atoms with E-state index in [0.717, 1.165) is 44.2 Å². The van der Waals surface area contributed by atoms with E-state index in [1.807, 2.05) is 72.8 Å². The third-order valence-electron chi connectivity index (χ3n) is 10.5. The summed E-state index contributed by atoms with van der Waals surface area (Å²) in [5, 5.41) is 26.4. The van der Waals surface area contributed by atoms with E-state index < -0.39 is 0 Å². The molecule has 0 saturated carbocycles. The molecule has 6 rings (SSSR count). The largest absolute Gasteiger partial charge is 0.507 e. The lowest BCUT2D eigenvalue weighted by Gasteiger charge is -2.28. The molecule has 0 aliphatic heterocycles. The van der Waals surface area contributed by atoms with E-state index in [4.69, 9.17) is 9.98 Å². The van der Waals surface area contributed by atoms with Crippen LogP contribution >= 0.6 is 0 Å². The molecule has 4 heteroatoms. The first-order valence-electron chi connectivity index (χ1n) is 19.7. The second-order valence-electron chi connectivity index (χ2n) is 19.2. The second-order valence-corrected chi connectivity index (χ2v) is 19.2. The van der Waals surface area contributed by atoms with Crippen LogP contribution in [0.4, 0.5) is 11.4 Å². The number of aromatic hydroxyl groups is 2. The van der Waals surface area contributed by atoms with Gasteiger partial charge >= 0.3 is 0 Å². The molecular weight excluding hydrogens is 685 g/mol. The van der Waals surface area contributed by atoms with Crippen molar-refractivity contribution in [3.63, 3.8) is 0 Å². The van der Waals surface area contributed by atoms with Gasteiger partial charge in [-0.1, -0.05) is 180 Å². The lowest BCUT2D eigenvalue weighted by atomic mass is 9.78. The van der Waals surface area contributed by atoms with Crippen LogP contribution in [-0.4, -0.2) is 21.6 Å². The van der Waals surface area contributed by atoms with Gasteiger partial charge < -0.3 is 10.2 Å². The van der Waals surface area contributed by atoms with Crippen molar-refractivity contribution in [1.29, 1.82) is 0 Å². The summed E-state index contributed by atoms with van der Waals surface area (Å²) in [6, 6.07) is 41.1. The highest BCUT2D eigenvalue weighted by Gasteiger charge is 2.29. The van der Waals surface area contributed by atoms with E-state index in [9.17, 15) is 10.2 Å². The Labute approximate surface area is 334 Å².